The first-order chi connectivity index (χ1) is 6.65. The molecule has 0 aliphatic carbocycles. The van der Waals surface area contributed by atoms with E-state index in [-0.39, 0.29) is 12.0 Å². The summed E-state index contributed by atoms with van der Waals surface area (Å²) in [6.45, 7) is 6.17. The number of carbonyl (C=O) groups excluding carboxylic acids is 1. The quantitative estimate of drug-likeness (QED) is 0.641. The van der Waals surface area contributed by atoms with Crippen molar-refractivity contribution in [1.29, 1.82) is 0 Å². The Hall–Kier alpha value is -0.570. The van der Waals surface area contributed by atoms with Gasteiger partial charge in [0.15, 0.2) is 0 Å². The SMILES string of the molecule is CCCC(CCC)NC(C)C(=O)OC. The first-order valence-corrected chi connectivity index (χ1v) is 5.49. The van der Waals surface area contributed by atoms with Crippen LogP contribution < -0.4 is 5.32 Å². The molecule has 0 aromatic rings. The van der Waals surface area contributed by atoms with Gasteiger partial charge in [-0.3, -0.25) is 4.79 Å². The highest BCUT2D eigenvalue weighted by atomic mass is 16.5. The van der Waals surface area contributed by atoms with Crippen molar-refractivity contribution in [3.8, 4) is 0 Å². The third-order valence-corrected chi connectivity index (χ3v) is 2.31. The molecule has 1 atom stereocenters. The summed E-state index contributed by atoms with van der Waals surface area (Å²) >= 11 is 0. The molecule has 0 fully saturated rings. The number of hydrogen-bond acceptors (Lipinski definition) is 3. The van der Waals surface area contributed by atoms with E-state index in [0.717, 1.165) is 25.7 Å². The molecule has 0 saturated carbocycles. The van der Waals surface area contributed by atoms with E-state index in [4.69, 9.17) is 0 Å². The lowest BCUT2D eigenvalue weighted by Crippen LogP contribution is -2.41. The van der Waals surface area contributed by atoms with Gasteiger partial charge >= 0.3 is 5.97 Å². The van der Waals surface area contributed by atoms with E-state index in [1.807, 2.05) is 6.92 Å². The standard InChI is InChI=1S/C11H23NO2/c1-5-7-10(8-6-2)12-9(3)11(13)14-4/h9-10,12H,5-8H2,1-4H3. The molecule has 0 heterocycles. The molecule has 0 radical (unpaired) electrons. The number of nitrogens with one attached hydrogen (secondary N) is 1. The Labute approximate surface area is 87.2 Å². The fraction of sp³-hybridized carbons (Fsp3) is 0.909. The molecule has 3 nitrogen and oxygen atoms in total. The number of methoxy groups -OCH3 is 1. The van der Waals surface area contributed by atoms with Gasteiger partial charge in [0.2, 0.25) is 0 Å². The Morgan fingerprint density at radius 2 is 1.79 bits per heavy atom. The molecule has 0 saturated heterocycles. The molecule has 0 aliphatic heterocycles. The first kappa shape index (κ1) is 13.4. The maximum absolute atomic E-state index is 11.2. The van der Waals surface area contributed by atoms with Crippen LogP contribution in [-0.2, 0) is 9.53 Å². The first-order valence-electron chi connectivity index (χ1n) is 5.49. The van der Waals surface area contributed by atoms with E-state index >= 15 is 0 Å². The molecule has 0 aromatic carbocycles. The van der Waals surface area contributed by atoms with Gasteiger partial charge in [-0.25, -0.2) is 0 Å². The van der Waals surface area contributed by atoms with E-state index in [1.165, 1.54) is 7.11 Å². The zero-order valence-corrected chi connectivity index (χ0v) is 9.80. The molecule has 0 rings (SSSR count). The van der Waals surface area contributed by atoms with Crippen molar-refractivity contribution < 1.29 is 9.53 Å². The largest absolute Gasteiger partial charge is 0.468 e. The summed E-state index contributed by atoms with van der Waals surface area (Å²) in [5.41, 5.74) is 0. The maximum Gasteiger partial charge on any atom is 0.322 e. The van der Waals surface area contributed by atoms with Crippen LogP contribution in [0.2, 0.25) is 0 Å². The Morgan fingerprint density at radius 1 is 1.29 bits per heavy atom. The summed E-state index contributed by atoms with van der Waals surface area (Å²) < 4.78 is 4.67. The van der Waals surface area contributed by atoms with Crippen LogP contribution in [0, 0.1) is 0 Å². The van der Waals surface area contributed by atoms with Crippen LogP contribution in [0.15, 0.2) is 0 Å². The molecule has 0 amide bonds. The summed E-state index contributed by atoms with van der Waals surface area (Å²) in [7, 11) is 1.43. The van der Waals surface area contributed by atoms with E-state index < -0.39 is 0 Å². The van der Waals surface area contributed by atoms with E-state index in [0.29, 0.717) is 6.04 Å². The van der Waals surface area contributed by atoms with Crippen LogP contribution in [0.25, 0.3) is 0 Å². The molecule has 1 unspecified atom stereocenters. The summed E-state index contributed by atoms with van der Waals surface area (Å²) in [6, 6.07) is 0.252. The van der Waals surface area contributed by atoms with Gasteiger partial charge in [-0.2, -0.15) is 0 Å². The topological polar surface area (TPSA) is 38.3 Å². The van der Waals surface area contributed by atoms with Crippen molar-refractivity contribution in [3.05, 3.63) is 0 Å². The van der Waals surface area contributed by atoms with Crippen LogP contribution in [0.5, 0.6) is 0 Å². The zero-order valence-electron chi connectivity index (χ0n) is 9.80. The Bertz CT molecular complexity index is 153. The molecule has 0 bridgehead atoms. The minimum Gasteiger partial charge on any atom is -0.468 e. The molecular formula is C11H23NO2. The number of hydrogen-bond donors (Lipinski definition) is 1. The second-order valence-corrected chi connectivity index (χ2v) is 3.69. The number of ether oxygens (including phenoxy) is 1. The van der Waals surface area contributed by atoms with Gasteiger partial charge in [0, 0.05) is 6.04 Å². The third kappa shape index (κ3) is 5.22. The van der Waals surface area contributed by atoms with Crippen molar-refractivity contribution in [3.63, 3.8) is 0 Å². The van der Waals surface area contributed by atoms with Crippen molar-refractivity contribution in [2.75, 3.05) is 7.11 Å². The second kappa shape index (κ2) is 7.80. The number of carbonyl (C=O) groups is 1. The highest BCUT2D eigenvalue weighted by Gasteiger charge is 2.16. The van der Waals surface area contributed by atoms with Crippen molar-refractivity contribution in [2.45, 2.75) is 58.5 Å². The number of rotatable bonds is 7. The van der Waals surface area contributed by atoms with Gasteiger partial charge < -0.3 is 10.1 Å². The maximum atomic E-state index is 11.2. The van der Waals surface area contributed by atoms with Gasteiger partial charge in [-0.15, -0.1) is 0 Å². The average Bonchev–Trinajstić information content (AvgIpc) is 2.17. The monoisotopic (exact) mass is 201 g/mol. The molecule has 0 aromatic heterocycles. The minimum absolute atomic E-state index is 0.179. The lowest BCUT2D eigenvalue weighted by molar-refractivity contribution is -0.142. The summed E-state index contributed by atoms with van der Waals surface area (Å²) in [5.74, 6) is -0.179. The van der Waals surface area contributed by atoms with Crippen LogP contribution in [0.3, 0.4) is 0 Å². The number of esters is 1. The molecule has 14 heavy (non-hydrogen) atoms. The fourth-order valence-corrected chi connectivity index (χ4v) is 1.61. The second-order valence-electron chi connectivity index (χ2n) is 3.69. The van der Waals surface area contributed by atoms with Gasteiger partial charge in [0.05, 0.1) is 7.11 Å². The smallest absolute Gasteiger partial charge is 0.322 e. The van der Waals surface area contributed by atoms with Crippen molar-refractivity contribution in [2.24, 2.45) is 0 Å². The molecular weight excluding hydrogens is 178 g/mol. The average molecular weight is 201 g/mol. The molecule has 84 valence electrons. The summed E-state index contributed by atoms with van der Waals surface area (Å²) in [4.78, 5) is 11.2. The lowest BCUT2D eigenvalue weighted by atomic mass is 10.1. The highest BCUT2D eigenvalue weighted by molar-refractivity contribution is 5.75. The lowest BCUT2D eigenvalue weighted by Gasteiger charge is -2.21. The van der Waals surface area contributed by atoms with E-state index in [1.54, 1.807) is 0 Å². The molecule has 0 spiro atoms. The molecule has 3 heteroatoms. The van der Waals surface area contributed by atoms with Gasteiger partial charge in [0.25, 0.3) is 0 Å². The van der Waals surface area contributed by atoms with Gasteiger partial charge in [0.1, 0.15) is 6.04 Å². The van der Waals surface area contributed by atoms with Crippen LogP contribution in [0.4, 0.5) is 0 Å². The Kier molecular flexibility index (Phi) is 7.48. The normalized spacial score (nSPS) is 12.9. The van der Waals surface area contributed by atoms with Crippen molar-refractivity contribution >= 4 is 5.97 Å². The summed E-state index contributed by atoms with van der Waals surface area (Å²) in [5, 5.41) is 3.29. The predicted molar refractivity (Wildman–Crippen MR) is 58.2 cm³/mol. The van der Waals surface area contributed by atoms with E-state index in [2.05, 4.69) is 23.9 Å². The highest BCUT2D eigenvalue weighted by Crippen LogP contribution is 2.05. The third-order valence-electron chi connectivity index (χ3n) is 2.31. The minimum atomic E-state index is -0.192. The van der Waals surface area contributed by atoms with Crippen LogP contribution >= 0.6 is 0 Å². The van der Waals surface area contributed by atoms with Gasteiger partial charge in [-0.05, 0) is 19.8 Å². The van der Waals surface area contributed by atoms with Crippen molar-refractivity contribution in [1.82, 2.24) is 5.32 Å². The van der Waals surface area contributed by atoms with Gasteiger partial charge in [-0.1, -0.05) is 26.7 Å². The molecule has 1 N–H and O–H groups in total. The Morgan fingerprint density at radius 3 is 2.14 bits per heavy atom. The fourth-order valence-electron chi connectivity index (χ4n) is 1.61. The summed E-state index contributed by atoms with van der Waals surface area (Å²) in [6.07, 6.45) is 4.53. The predicted octanol–water partition coefficient (Wildman–Crippen LogP) is 2.11. The Balaban J connectivity index is 3.94. The van der Waals surface area contributed by atoms with Crippen LogP contribution in [-0.4, -0.2) is 25.2 Å². The van der Waals surface area contributed by atoms with Crippen LogP contribution in [0.1, 0.15) is 46.5 Å². The zero-order chi connectivity index (χ0) is 11.0. The van der Waals surface area contributed by atoms with E-state index in [9.17, 15) is 4.79 Å². The molecule has 0 aliphatic rings.